The number of nitrogens with zero attached hydrogens (tertiary/aromatic N) is 1. The zero-order valence-corrected chi connectivity index (χ0v) is 18.0. The number of carbonyl (C=O) groups excluding carboxylic acids is 1. The molecule has 0 spiro atoms. The van der Waals surface area contributed by atoms with Crippen LogP contribution >= 0.6 is 11.6 Å². The first-order chi connectivity index (χ1) is 14.3. The summed E-state index contributed by atoms with van der Waals surface area (Å²) in [5, 5.41) is 0.401. The molecule has 0 saturated heterocycles. The Bertz CT molecular complexity index is 1210. The zero-order chi connectivity index (χ0) is 21.3. The van der Waals surface area contributed by atoms with Crippen molar-refractivity contribution in [3.63, 3.8) is 0 Å². The minimum absolute atomic E-state index is 0.0563. The molecule has 1 amide bonds. The van der Waals surface area contributed by atoms with Gasteiger partial charge in [0.2, 0.25) is 0 Å². The van der Waals surface area contributed by atoms with Gasteiger partial charge in [-0.2, -0.15) is 0 Å². The number of rotatable bonds is 4. The highest BCUT2D eigenvalue weighted by atomic mass is 35.5. The average Bonchev–Trinajstić information content (AvgIpc) is 2.75. The molecule has 0 radical (unpaired) electrons. The number of hydrogen-bond donors (Lipinski definition) is 1. The molecule has 0 fully saturated rings. The highest BCUT2D eigenvalue weighted by molar-refractivity contribution is 7.92. The van der Waals surface area contributed by atoms with Crippen molar-refractivity contribution in [1.29, 1.82) is 0 Å². The molecule has 154 valence electrons. The molecule has 3 aromatic rings. The number of nitrogens with one attached hydrogen (secondary N) is 1. The zero-order valence-electron chi connectivity index (χ0n) is 16.4. The summed E-state index contributed by atoms with van der Waals surface area (Å²) in [6, 6.07) is 19.1. The van der Waals surface area contributed by atoms with Crippen LogP contribution in [0.5, 0.6) is 0 Å². The number of aryl methyl sites for hydroxylation is 2. The first-order valence-corrected chi connectivity index (χ1v) is 11.5. The number of benzene rings is 3. The molecule has 1 N–H and O–H groups in total. The topological polar surface area (TPSA) is 66.5 Å². The first-order valence-electron chi connectivity index (χ1n) is 9.64. The van der Waals surface area contributed by atoms with Crippen molar-refractivity contribution in [2.75, 3.05) is 16.2 Å². The monoisotopic (exact) mass is 440 g/mol. The lowest BCUT2D eigenvalue weighted by Crippen LogP contribution is -2.35. The second kappa shape index (κ2) is 8.13. The Morgan fingerprint density at radius 2 is 1.80 bits per heavy atom. The molecular formula is C23H21ClN2O3S. The number of carbonyl (C=O) groups is 1. The van der Waals surface area contributed by atoms with Crippen LogP contribution in [0.15, 0.2) is 71.6 Å². The van der Waals surface area contributed by atoms with E-state index in [1.165, 1.54) is 12.1 Å². The number of halogens is 1. The van der Waals surface area contributed by atoms with Crippen LogP contribution in [-0.2, 0) is 16.4 Å². The third-order valence-electron chi connectivity index (χ3n) is 5.17. The fourth-order valence-electron chi connectivity index (χ4n) is 3.56. The minimum atomic E-state index is -3.77. The smallest absolute Gasteiger partial charge is 0.261 e. The van der Waals surface area contributed by atoms with Crippen LogP contribution in [0.2, 0.25) is 5.02 Å². The molecule has 1 aliphatic rings. The van der Waals surface area contributed by atoms with E-state index in [0.29, 0.717) is 22.8 Å². The fraction of sp³-hybridized carbons (Fsp3) is 0.174. The summed E-state index contributed by atoms with van der Waals surface area (Å²) in [6.07, 6.45) is 1.59. The van der Waals surface area contributed by atoms with Gasteiger partial charge in [0.1, 0.15) is 0 Å². The Balaban J connectivity index is 1.61. The van der Waals surface area contributed by atoms with Gasteiger partial charge in [-0.15, -0.1) is 0 Å². The molecule has 0 aromatic heterocycles. The minimum Gasteiger partial charge on any atom is -0.308 e. The van der Waals surface area contributed by atoms with Gasteiger partial charge in [0.05, 0.1) is 4.90 Å². The maximum atomic E-state index is 12.9. The molecule has 0 saturated carbocycles. The van der Waals surface area contributed by atoms with Crippen molar-refractivity contribution in [2.45, 2.75) is 24.7 Å². The van der Waals surface area contributed by atoms with E-state index < -0.39 is 10.0 Å². The maximum Gasteiger partial charge on any atom is 0.261 e. The number of hydrogen-bond acceptors (Lipinski definition) is 3. The van der Waals surface area contributed by atoms with E-state index in [4.69, 9.17) is 11.6 Å². The van der Waals surface area contributed by atoms with Gasteiger partial charge in [-0.25, -0.2) is 8.42 Å². The molecule has 7 heteroatoms. The van der Waals surface area contributed by atoms with Gasteiger partial charge in [0.25, 0.3) is 15.9 Å². The van der Waals surface area contributed by atoms with E-state index in [9.17, 15) is 13.2 Å². The summed E-state index contributed by atoms with van der Waals surface area (Å²) in [5.41, 5.74) is 3.66. The highest BCUT2D eigenvalue weighted by Crippen LogP contribution is 2.32. The Morgan fingerprint density at radius 1 is 1.03 bits per heavy atom. The van der Waals surface area contributed by atoms with Crippen LogP contribution in [0, 0.1) is 6.92 Å². The van der Waals surface area contributed by atoms with Gasteiger partial charge in [-0.3, -0.25) is 9.52 Å². The number of amides is 1. The van der Waals surface area contributed by atoms with Crippen LogP contribution in [0.1, 0.15) is 27.9 Å². The number of sulfonamides is 1. The molecule has 3 aromatic carbocycles. The Hall–Kier alpha value is -2.83. The van der Waals surface area contributed by atoms with Gasteiger partial charge in [0.15, 0.2) is 0 Å². The van der Waals surface area contributed by atoms with E-state index in [0.717, 1.165) is 29.7 Å². The van der Waals surface area contributed by atoms with E-state index in [-0.39, 0.29) is 10.8 Å². The predicted molar refractivity (Wildman–Crippen MR) is 120 cm³/mol. The molecule has 0 unspecified atom stereocenters. The van der Waals surface area contributed by atoms with Crippen LogP contribution in [0.3, 0.4) is 0 Å². The normalized spacial score (nSPS) is 13.6. The van der Waals surface area contributed by atoms with Crippen molar-refractivity contribution in [3.8, 4) is 0 Å². The van der Waals surface area contributed by atoms with Crippen LogP contribution in [-0.4, -0.2) is 20.9 Å². The first kappa shape index (κ1) is 20.4. The lowest BCUT2D eigenvalue weighted by molar-refractivity contribution is 0.0985. The molecule has 30 heavy (non-hydrogen) atoms. The molecule has 1 aliphatic heterocycles. The van der Waals surface area contributed by atoms with Gasteiger partial charge in [0, 0.05) is 28.5 Å². The van der Waals surface area contributed by atoms with E-state index in [1.807, 2.05) is 25.1 Å². The third-order valence-corrected chi connectivity index (χ3v) is 6.96. The summed E-state index contributed by atoms with van der Waals surface area (Å²) in [4.78, 5) is 14.8. The number of fused-ring (bicyclic) bond motifs is 1. The van der Waals surface area contributed by atoms with Gasteiger partial charge in [-0.1, -0.05) is 35.9 Å². The largest absolute Gasteiger partial charge is 0.308 e. The standard InChI is InChI=1S/C23H21ClN2O3S/c1-16-9-11-20(15-21(16)24)30(28,29)25-19-10-12-22-18(14-19)8-5-13-26(22)23(27)17-6-3-2-4-7-17/h2-4,6-7,9-12,14-15,25H,5,8,13H2,1H3. The molecule has 0 bridgehead atoms. The number of anilines is 2. The average molecular weight is 441 g/mol. The molecule has 1 heterocycles. The van der Waals surface area contributed by atoms with Crippen molar-refractivity contribution >= 4 is 38.9 Å². The molecule has 5 nitrogen and oxygen atoms in total. The van der Waals surface area contributed by atoms with Crippen molar-refractivity contribution in [3.05, 3.63) is 88.4 Å². The molecule has 0 aliphatic carbocycles. The van der Waals surface area contributed by atoms with E-state index in [1.54, 1.807) is 41.3 Å². The molecule has 0 atom stereocenters. The summed E-state index contributed by atoms with van der Waals surface area (Å²) in [5.74, 6) is -0.0563. The Kier molecular flexibility index (Phi) is 5.54. The van der Waals surface area contributed by atoms with Crippen LogP contribution in [0.25, 0.3) is 0 Å². The predicted octanol–water partition coefficient (Wildman–Crippen LogP) is 5.04. The van der Waals surface area contributed by atoms with Crippen molar-refractivity contribution < 1.29 is 13.2 Å². The fourth-order valence-corrected chi connectivity index (χ4v) is 4.88. The van der Waals surface area contributed by atoms with Crippen LogP contribution < -0.4 is 9.62 Å². The van der Waals surface area contributed by atoms with Crippen molar-refractivity contribution in [2.24, 2.45) is 0 Å². The van der Waals surface area contributed by atoms with Crippen LogP contribution in [0.4, 0.5) is 11.4 Å². The molecular weight excluding hydrogens is 420 g/mol. The lowest BCUT2D eigenvalue weighted by atomic mass is 10.00. The quantitative estimate of drug-likeness (QED) is 0.617. The van der Waals surface area contributed by atoms with Gasteiger partial charge in [-0.05, 0) is 73.4 Å². The second-order valence-electron chi connectivity index (χ2n) is 7.29. The van der Waals surface area contributed by atoms with Gasteiger partial charge < -0.3 is 4.90 Å². The Morgan fingerprint density at radius 3 is 2.53 bits per heavy atom. The lowest BCUT2D eigenvalue weighted by Gasteiger charge is -2.30. The molecule has 4 rings (SSSR count). The second-order valence-corrected chi connectivity index (χ2v) is 9.38. The summed E-state index contributed by atoms with van der Waals surface area (Å²) < 4.78 is 28.1. The van der Waals surface area contributed by atoms with E-state index >= 15 is 0 Å². The summed E-state index contributed by atoms with van der Waals surface area (Å²) in [7, 11) is -3.77. The third kappa shape index (κ3) is 4.06. The highest BCUT2D eigenvalue weighted by Gasteiger charge is 2.24. The van der Waals surface area contributed by atoms with E-state index in [2.05, 4.69) is 4.72 Å². The Labute approximate surface area is 181 Å². The summed E-state index contributed by atoms with van der Waals surface area (Å²) in [6.45, 7) is 2.45. The SMILES string of the molecule is Cc1ccc(S(=O)(=O)Nc2ccc3c(c2)CCCN3C(=O)c2ccccc2)cc1Cl. The summed E-state index contributed by atoms with van der Waals surface area (Å²) >= 11 is 6.08. The van der Waals surface area contributed by atoms with Crippen molar-refractivity contribution in [1.82, 2.24) is 0 Å². The maximum absolute atomic E-state index is 12.9. The van der Waals surface area contributed by atoms with Gasteiger partial charge >= 0.3 is 0 Å².